The third-order valence-electron chi connectivity index (χ3n) is 6.68. The molecule has 7 nitrogen and oxygen atoms in total. The SMILES string of the molecule is Cc1onc(-c2ccccc2Cl)c1C(=O)N1CCCC1c1nnc(-c2ccc(-c3ccccc3)cc2)o1. The molecule has 0 radical (unpaired) electrons. The molecular weight excluding hydrogens is 488 g/mol. The molecule has 5 aromatic rings. The summed E-state index contributed by atoms with van der Waals surface area (Å²) in [6, 6.07) is 25.1. The summed E-state index contributed by atoms with van der Waals surface area (Å²) in [6.07, 6.45) is 1.55. The Hall–Kier alpha value is -4.23. The fraction of sp³-hybridized carbons (Fsp3) is 0.172. The summed E-state index contributed by atoms with van der Waals surface area (Å²) in [5.41, 5.74) is 4.56. The largest absolute Gasteiger partial charge is 0.418 e. The van der Waals surface area contributed by atoms with Gasteiger partial charge in [0.15, 0.2) is 0 Å². The zero-order valence-corrected chi connectivity index (χ0v) is 20.9. The molecule has 3 heterocycles. The number of carbonyl (C=O) groups excluding carboxylic acids is 1. The summed E-state index contributed by atoms with van der Waals surface area (Å²) in [4.78, 5) is 15.5. The Kier molecular flexibility index (Phi) is 6.06. The van der Waals surface area contributed by atoms with Crippen molar-refractivity contribution in [1.82, 2.24) is 20.3 Å². The molecule has 1 aliphatic rings. The first-order valence-electron chi connectivity index (χ1n) is 12.1. The summed E-state index contributed by atoms with van der Waals surface area (Å²) in [6.45, 7) is 2.30. The Bertz CT molecular complexity index is 1560. The van der Waals surface area contributed by atoms with Crippen LogP contribution in [0.2, 0.25) is 5.02 Å². The standard InChI is InChI=1S/C29H23ClN4O3/c1-18-25(26(33-37-18)22-10-5-6-11-23(22)30)29(35)34-17-7-12-24(34)28-32-31-27(36-28)21-15-13-20(14-16-21)19-8-3-2-4-9-19/h2-6,8-11,13-16,24H,7,12,17H2,1H3. The van der Waals surface area contributed by atoms with Crippen LogP contribution in [0.4, 0.5) is 0 Å². The third-order valence-corrected chi connectivity index (χ3v) is 7.01. The number of hydrogen-bond donors (Lipinski definition) is 0. The van der Waals surface area contributed by atoms with Crippen LogP contribution in [-0.4, -0.2) is 32.7 Å². The number of aryl methyl sites for hydroxylation is 1. The summed E-state index contributed by atoms with van der Waals surface area (Å²) in [7, 11) is 0. The first-order valence-corrected chi connectivity index (χ1v) is 12.5. The number of likely N-dealkylation sites (tertiary alicyclic amines) is 1. The average Bonchev–Trinajstić information content (AvgIpc) is 3.69. The molecule has 184 valence electrons. The van der Waals surface area contributed by atoms with Gasteiger partial charge in [0.1, 0.15) is 23.1 Å². The molecule has 0 saturated carbocycles. The zero-order valence-electron chi connectivity index (χ0n) is 20.1. The van der Waals surface area contributed by atoms with Gasteiger partial charge in [-0.1, -0.05) is 77.4 Å². The lowest BCUT2D eigenvalue weighted by Crippen LogP contribution is -2.31. The number of hydrogen-bond acceptors (Lipinski definition) is 6. The number of halogens is 1. The number of carbonyl (C=O) groups is 1. The highest BCUT2D eigenvalue weighted by molar-refractivity contribution is 6.33. The lowest BCUT2D eigenvalue weighted by molar-refractivity contribution is 0.0715. The Morgan fingerprint density at radius 1 is 0.919 bits per heavy atom. The van der Waals surface area contributed by atoms with E-state index in [9.17, 15) is 4.79 Å². The Balaban J connectivity index is 1.26. The van der Waals surface area contributed by atoms with Gasteiger partial charge >= 0.3 is 0 Å². The first-order chi connectivity index (χ1) is 18.1. The Morgan fingerprint density at radius 3 is 2.41 bits per heavy atom. The van der Waals surface area contributed by atoms with Crippen molar-refractivity contribution in [2.75, 3.05) is 6.54 Å². The van der Waals surface area contributed by atoms with E-state index < -0.39 is 0 Å². The molecule has 1 fully saturated rings. The van der Waals surface area contributed by atoms with Crippen LogP contribution in [-0.2, 0) is 0 Å². The molecule has 6 rings (SSSR count). The summed E-state index contributed by atoms with van der Waals surface area (Å²) in [5, 5.41) is 13.3. The van der Waals surface area contributed by atoms with Crippen LogP contribution < -0.4 is 0 Å². The number of aromatic nitrogens is 3. The lowest BCUT2D eigenvalue weighted by Gasteiger charge is -2.22. The predicted octanol–water partition coefficient (Wildman–Crippen LogP) is 7.00. The minimum atomic E-state index is -0.328. The van der Waals surface area contributed by atoms with E-state index in [1.807, 2.05) is 60.7 Å². The molecule has 37 heavy (non-hydrogen) atoms. The van der Waals surface area contributed by atoms with Crippen molar-refractivity contribution in [2.45, 2.75) is 25.8 Å². The number of nitrogens with zero attached hydrogens (tertiary/aromatic N) is 4. The monoisotopic (exact) mass is 510 g/mol. The van der Waals surface area contributed by atoms with Crippen LogP contribution in [0, 0.1) is 6.92 Å². The number of benzene rings is 3. The lowest BCUT2D eigenvalue weighted by atomic mass is 10.0. The van der Waals surface area contributed by atoms with Gasteiger partial charge in [0, 0.05) is 17.7 Å². The highest BCUT2D eigenvalue weighted by Gasteiger charge is 2.37. The second-order valence-electron chi connectivity index (χ2n) is 8.99. The normalized spacial score (nSPS) is 15.3. The zero-order chi connectivity index (χ0) is 25.4. The van der Waals surface area contributed by atoms with Crippen molar-refractivity contribution < 1.29 is 13.7 Å². The molecule has 1 amide bonds. The highest BCUT2D eigenvalue weighted by Crippen LogP contribution is 2.37. The maximum atomic E-state index is 13.8. The van der Waals surface area contributed by atoms with Crippen LogP contribution in [0.25, 0.3) is 33.8 Å². The topological polar surface area (TPSA) is 85.3 Å². The van der Waals surface area contributed by atoms with Gasteiger partial charge in [0.2, 0.25) is 11.8 Å². The predicted molar refractivity (Wildman–Crippen MR) is 140 cm³/mol. The van der Waals surface area contributed by atoms with E-state index in [0.717, 1.165) is 29.5 Å². The summed E-state index contributed by atoms with van der Waals surface area (Å²) in [5.74, 6) is 1.09. The van der Waals surface area contributed by atoms with Gasteiger partial charge < -0.3 is 13.8 Å². The van der Waals surface area contributed by atoms with Gasteiger partial charge in [0.05, 0.1) is 5.02 Å². The van der Waals surface area contributed by atoms with Gasteiger partial charge in [-0.15, -0.1) is 10.2 Å². The van der Waals surface area contributed by atoms with Crippen molar-refractivity contribution in [2.24, 2.45) is 0 Å². The molecule has 0 spiro atoms. The molecule has 3 aromatic carbocycles. The van der Waals surface area contributed by atoms with Gasteiger partial charge in [-0.3, -0.25) is 4.79 Å². The molecule has 1 atom stereocenters. The minimum absolute atomic E-state index is 0.192. The molecule has 0 bridgehead atoms. The van der Waals surface area contributed by atoms with Crippen LogP contribution in [0.1, 0.15) is 40.9 Å². The summed E-state index contributed by atoms with van der Waals surface area (Å²) < 4.78 is 11.5. The summed E-state index contributed by atoms with van der Waals surface area (Å²) >= 11 is 6.39. The molecular formula is C29H23ClN4O3. The average molecular weight is 511 g/mol. The van der Waals surface area contributed by atoms with Crippen molar-refractivity contribution in [3.05, 3.63) is 101 Å². The van der Waals surface area contributed by atoms with E-state index in [0.29, 0.717) is 45.9 Å². The van der Waals surface area contributed by atoms with Crippen molar-refractivity contribution in [3.8, 4) is 33.8 Å². The van der Waals surface area contributed by atoms with Crippen LogP contribution in [0.3, 0.4) is 0 Å². The molecule has 0 N–H and O–H groups in total. The maximum absolute atomic E-state index is 13.8. The quantitative estimate of drug-likeness (QED) is 0.253. The van der Waals surface area contributed by atoms with Crippen LogP contribution in [0.5, 0.6) is 0 Å². The Morgan fingerprint density at radius 2 is 1.62 bits per heavy atom. The Labute approximate surface area is 218 Å². The van der Waals surface area contributed by atoms with E-state index in [2.05, 4.69) is 27.5 Å². The van der Waals surface area contributed by atoms with Crippen molar-refractivity contribution >= 4 is 17.5 Å². The van der Waals surface area contributed by atoms with Crippen LogP contribution in [0.15, 0.2) is 87.8 Å². The van der Waals surface area contributed by atoms with E-state index >= 15 is 0 Å². The third kappa shape index (κ3) is 4.32. The second kappa shape index (κ2) is 9.67. The van der Waals surface area contributed by atoms with Gasteiger partial charge in [-0.2, -0.15) is 0 Å². The molecule has 1 saturated heterocycles. The van der Waals surface area contributed by atoms with Crippen LogP contribution >= 0.6 is 11.6 Å². The number of rotatable bonds is 5. The highest BCUT2D eigenvalue weighted by atomic mass is 35.5. The molecule has 1 unspecified atom stereocenters. The maximum Gasteiger partial charge on any atom is 0.260 e. The molecule has 1 aliphatic heterocycles. The van der Waals surface area contributed by atoms with Crippen molar-refractivity contribution in [3.63, 3.8) is 0 Å². The molecule has 2 aromatic heterocycles. The van der Waals surface area contributed by atoms with E-state index in [-0.39, 0.29) is 11.9 Å². The smallest absolute Gasteiger partial charge is 0.260 e. The van der Waals surface area contributed by atoms with Gasteiger partial charge in [-0.25, -0.2) is 0 Å². The fourth-order valence-electron chi connectivity index (χ4n) is 4.79. The van der Waals surface area contributed by atoms with Gasteiger partial charge in [-0.05, 0) is 49.1 Å². The molecule has 8 heteroatoms. The molecule has 0 aliphatic carbocycles. The van der Waals surface area contributed by atoms with E-state index in [1.54, 1.807) is 17.9 Å². The fourth-order valence-corrected chi connectivity index (χ4v) is 5.02. The second-order valence-corrected chi connectivity index (χ2v) is 9.39. The number of amides is 1. The van der Waals surface area contributed by atoms with E-state index in [1.165, 1.54) is 0 Å². The van der Waals surface area contributed by atoms with Gasteiger partial charge in [0.25, 0.3) is 5.91 Å². The first kappa shape index (κ1) is 23.2. The minimum Gasteiger partial charge on any atom is -0.418 e. The van der Waals surface area contributed by atoms with Crippen molar-refractivity contribution in [1.29, 1.82) is 0 Å². The van der Waals surface area contributed by atoms with E-state index in [4.69, 9.17) is 20.5 Å².